The quantitative estimate of drug-likeness (QED) is 0.339. The summed E-state index contributed by atoms with van der Waals surface area (Å²) < 4.78 is 35.9. The van der Waals surface area contributed by atoms with Crippen molar-refractivity contribution in [1.82, 2.24) is 10.6 Å². The molecular formula is C13H22F3N3. The van der Waals surface area contributed by atoms with Gasteiger partial charge < -0.3 is 10.6 Å². The van der Waals surface area contributed by atoms with Crippen LogP contribution in [0.3, 0.4) is 0 Å². The van der Waals surface area contributed by atoms with Crippen LogP contribution in [0.5, 0.6) is 0 Å². The summed E-state index contributed by atoms with van der Waals surface area (Å²) in [5.74, 6) is 0.697. The number of halogens is 3. The third kappa shape index (κ3) is 7.74. The van der Waals surface area contributed by atoms with Crippen LogP contribution in [0.15, 0.2) is 17.1 Å². The molecule has 0 aromatic carbocycles. The van der Waals surface area contributed by atoms with E-state index in [1.54, 1.807) is 0 Å². The second-order valence-electron chi connectivity index (χ2n) is 4.62. The molecule has 1 rings (SSSR count). The van der Waals surface area contributed by atoms with E-state index in [4.69, 9.17) is 0 Å². The van der Waals surface area contributed by atoms with Crippen LogP contribution in [0.2, 0.25) is 0 Å². The van der Waals surface area contributed by atoms with E-state index in [1.165, 1.54) is 0 Å². The highest BCUT2D eigenvalue weighted by atomic mass is 19.4. The highest BCUT2D eigenvalue weighted by molar-refractivity contribution is 5.80. The van der Waals surface area contributed by atoms with E-state index in [1.807, 2.05) is 6.92 Å². The van der Waals surface area contributed by atoms with Crippen molar-refractivity contribution in [3.8, 4) is 0 Å². The number of hydrogen-bond donors (Lipinski definition) is 2. The van der Waals surface area contributed by atoms with Crippen LogP contribution in [0.25, 0.3) is 0 Å². The molecule has 0 saturated heterocycles. The SMILES string of the molecule is CCNC(=NCCCCC(F)(F)F)NC1CC=CC1. The van der Waals surface area contributed by atoms with Crippen molar-refractivity contribution in [3.63, 3.8) is 0 Å². The molecule has 1 aliphatic rings. The van der Waals surface area contributed by atoms with E-state index in [9.17, 15) is 13.2 Å². The lowest BCUT2D eigenvalue weighted by atomic mass is 10.2. The minimum atomic E-state index is -4.05. The van der Waals surface area contributed by atoms with E-state index in [0.717, 1.165) is 19.4 Å². The van der Waals surface area contributed by atoms with Crippen molar-refractivity contribution in [2.45, 2.75) is 51.2 Å². The van der Waals surface area contributed by atoms with Crippen molar-refractivity contribution >= 4 is 5.96 Å². The van der Waals surface area contributed by atoms with Crippen molar-refractivity contribution in [2.24, 2.45) is 4.99 Å². The van der Waals surface area contributed by atoms with E-state index < -0.39 is 12.6 Å². The average molecular weight is 277 g/mol. The van der Waals surface area contributed by atoms with E-state index >= 15 is 0 Å². The Morgan fingerprint density at radius 1 is 1.26 bits per heavy atom. The first-order valence-corrected chi connectivity index (χ1v) is 6.78. The molecule has 6 heteroatoms. The van der Waals surface area contributed by atoms with E-state index in [-0.39, 0.29) is 6.42 Å². The lowest BCUT2D eigenvalue weighted by molar-refractivity contribution is -0.135. The van der Waals surface area contributed by atoms with Gasteiger partial charge in [0, 0.05) is 25.6 Å². The predicted octanol–water partition coefficient (Wildman–Crippen LogP) is 2.99. The Balaban J connectivity index is 2.24. The van der Waals surface area contributed by atoms with Gasteiger partial charge in [0.1, 0.15) is 0 Å². The lowest BCUT2D eigenvalue weighted by Crippen LogP contribution is -2.42. The number of aliphatic imine (C=N–C) groups is 1. The van der Waals surface area contributed by atoms with Crippen molar-refractivity contribution in [3.05, 3.63) is 12.2 Å². The molecule has 2 N–H and O–H groups in total. The molecule has 3 nitrogen and oxygen atoms in total. The minimum Gasteiger partial charge on any atom is -0.357 e. The standard InChI is InChI=1S/C13H22F3N3/c1-2-17-12(19-11-7-3-4-8-11)18-10-6-5-9-13(14,15)16/h3-4,11H,2,5-10H2,1H3,(H2,17,18,19). The molecule has 1 aliphatic carbocycles. The molecule has 0 atom stereocenters. The van der Waals surface area contributed by atoms with Gasteiger partial charge in [0.15, 0.2) is 5.96 Å². The monoisotopic (exact) mass is 277 g/mol. The van der Waals surface area contributed by atoms with Crippen molar-refractivity contribution in [2.75, 3.05) is 13.1 Å². The van der Waals surface area contributed by atoms with Gasteiger partial charge >= 0.3 is 6.18 Å². The Labute approximate surface area is 112 Å². The van der Waals surface area contributed by atoms with E-state index in [0.29, 0.717) is 25.0 Å². The van der Waals surface area contributed by atoms with Crippen LogP contribution in [0.1, 0.15) is 39.0 Å². The van der Waals surface area contributed by atoms with Gasteiger partial charge in [-0.2, -0.15) is 13.2 Å². The second kappa shape index (κ2) is 8.07. The molecule has 0 aromatic heterocycles. The molecule has 110 valence electrons. The Bertz CT molecular complexity index is 303. The number of unbranched alkanes of at least 4 members (excludes halogenated alkanes) is 1. The van der Waals surface area contributed by atoms with Gasteiger partial charge in [-0.3, -0.25) is 4.99 Å². The zero-order valence-corrected chi connectivity index (χ0v) is 11.3. The smallest absolute Gasteiger partial charge is 0.357 e. The summed E-state index contributed by atoms with van der Waals surface area (Å²) >= 11 is 0. The fourth-order valence-corrected chi connectivity index (χ4v) is 1.88. The average Bonchev–Trinajstić information content (AvgIpc) is 2.80. The summed E-state index contributed by atoms with van der Waals surface area (Å²) in [6.45, 7) is 3.13. The number of hydrogen-bond acceptors (Lipinski definition) is 1. The summed E-state index contributed by atoms with van der Waals surface area (Å²) in [7, 11) is 0. The molecule has 0 fully saturated rings. The number of alkyl halides is 3. The van der Waals surface area contributed by atoms with Crippen LogP contribution < -0.4 is 10.6 Å². The maximum absolute atomic E-state index is 12.0. The fourth-order valence-electron chi connectivity index (χ4n) is 1.88. The van der Waals surface area contributed by atoms with Crippen molar-refractivity contribution < 1.29 is 13.2 Å². The Morgan fingerprint density at radius 2 is 1.95 bits per heavy atom. The fraction of sp³-hybridized carbons (Fsp3) is 0.769. The molecule has 0 aromatic rings. The topological polar surface area (TPSA) is 36.4 Å². The highest BCUT2D eigenvalue weighted by Crippen LogP contribution is 2.21. The summed E-state index contributed by atoms with van der Waals surface area (Å²) in [5, 5.41) is 6.38. The Morgan fingerprint density at radius 3 is 2.53 bits per heavy atom. The molecule has 0 heterocycles. The molecule has 0 amide bonds. The van der Waals surface area contributed by atoms with Gasteiger partial charge in [0.2, 0.25) is 0 Å². The predicted molar refractivity (Wildman–Crippen MR) is 71.2 cm³/mol. The first-order valence-electron chi connectivity index (χ1n) is 6.78. The summed E-state index contributed by atoms with van der Waals surface area (Å²) in [6, 6.07) is 0.355. The number of nitrogens with one attached hydrogen (secondary N) is 2. The Kier molecular flexibility index (Phi) is 6.73. The molecule has 0 bridgehead atoms. The van der Waals surface area contributed by atoms with Gasteiger partial charge in [0.25, 0.3) is 0 Å². The first kappa shape index (κ1) is 15.9. The van der Waals surface area contributed by atoms with Gasteiger partial charge in [-0.15, -0.1) is 0 Å². The molecule has 0 unspecified atom stereocenters. The molecule has 0 radical (unpaired) electrons. The van der Waals surface area contributed by atoms with Gasteiger partial charge in [-0.05, 0) is 32.6 Å². The summed E-state index contributed by atoms with van der Waals surface area (Å²) in [4.78, 5) is 4.30. The number of nitrogens with zero attached hydrogens (tertiary/aromatic N) is 1. The van der Waals surface area contributed by atoms with Gasteiger partial charge in [-0.1, -0.05) is 12.2 Å². The van der Waals surface area contributed by atoms with Crippen LogP contribution in [0.4, 0.5) is 13.2 Å². The molecule has 0 saturated carbocycles. The normalized spacial score (nSPS) is 16.9. The van der Waals surface area contributed by atoms with Crippen molar-refractivity contribution in [1.29, 1.82) is 0 Å². The molecule has 19 heavy (non-hydrogen) atoms. The third-order valence-corrected chi connectivity index (χ3v) is 2.83. The second-order valence-corrected chi connectivity index (χ2v) is 4.62. The third-order valence-electron chi connectivity index (χ3n) is 2.83. The minimum absolute atomic E-state index is 0.136. The summed E-state index contributed by atoms with van der Waals surface area (Å²) in [6.07, 6.45) is 1.99. The zero-order chi connectivity index (χ0) is 14.1. The largest absolute Gasteiger partial charge is 0.389 e. The Hall–Kier alpha value is -1.20. The number of guanidine groups is 1. The molecule has 0 spiro atoms. The highest BCUT2D eigenvalue weighted by Gasteiger charge is 2.25. The lowest BCUT2D eigenvalue weighted by Gasteiger charge is -2.16. The molecule has 0 aliphatic heterocycles. The number of rotatable bonds is 6. The van der Waals surface area contributed by atoms with Crippen LogP contribution >= 0.6 is 0 Å². The first-order chi connectivity index (χ1) is 9.01. The van der Waals surface area contributed by atoms with Crippen LogP contribution in [-0.2, 0) is 0 Å². The zero-order valence-electron chi connectivity index (χ0n) is 11.3. The maximum Gasteiger partial charge on any atom is 0.389 e. The molecular weight excluding hydrogens is 255 g/mol. The van der Waals surface area contributed by atoms with Gasteiger partial charge in [-0.25, -0.2) is 0 Å². The maximum atomic E-state index is 12.0. The summed E-state index contributed by atoms with van der Waals surface area (Å²) in [5.41, 5.74) is 0. The van der Waals surface area contributed by atoms with Gasteiger partial charge in [0.05, 0.1) is 0 Å². The van der Waals surface area contributed by atoms with Crippen LogP contribution in [-0.4, -0.2) is 31.3 Å². The van der Waals surface area contributed by atoms with E-state index in [2.05, 4.69) is 27.8 Å². The van der Waals surface area contributed by atoms with Crippen LogP contribution in [0, 0.1) is 0 Å².